The number of aryl methyl sites for hydroxylation is 1. The summed E-state index contributed by atoms with van der Waals surface area (Å²) >= 11 is 0. The van der Waals surface area contributed by atoms with E-state index in [0.29, 0.717) is 6.42 Å². The second-order valence-corrected chi connectivity index (χ2v) is 6.30. The Balaban J connectivity index is 2.66. The van der Waals surface area contributed by atoms with Crippen molar-refractivity contribution in [3.63, 3.8) is 0 Å². The fraction of sp³-hybridized carbons (Fsp3) is 0.529. The maximum absolute atomic E-state index is 11.9. The highest BCUT2D eigenvalue weighted by atomic mass is 16.6. The molecule has 5 heteroatoms. The first kappa shape index (κ1) is 18.0. The van der Waals surface area contributed by atoms with Gasteiger partial charge >= 0.3 is 12.1 Å². The van der Waals surface area contributed by atoms with Crippen molar-refractivity contribution < 1.29 is 19.1 Å². The molecule has 0 heterocycles. The molecule has 1 aromatic rings. The molecule has 0 fully saturated rings. The van der Waals surface area contributed by atoms with E-state index in [-0.39, 0.29) is 12.5 Å². The molecule has 0 aliphatic carbocycles. The number of hydrogen-bond acceptors (Lipinski definition) is 4. The lowest BCUT2D eigenvalue weighted by atomic mass is 9.98. The van der Waals surface area contributed by atoms with E-state index in [0.717, 1.165) is 11.1 Å². The average Bonchev–Trinajstić information content (AvgIpc) is 2.40. The van der Waals surface area contributed by atoms with Crippen LogP contribution in [0, 0.1) is 12.8 Å². The Bertz CT molecular complexity index is 520. The monoisotopic (exact) mass is 307 g/mol. The Morgan fingerprint density at radius 1 is 1.27 bits per heavy atom. The molecule has 1 aromatic carbocycles. The van der Waals surface area contributed by atoms with Gasteiger partial charge in [-0.05, 0) is 39.7 Å². The van der Waals surface area contributed by atoms with Gasteiger partial charge in [0.2, 0.25) is 0 Å². The Morgan fingerprint density at radius 3 is 2.50 bits per heavy atom. The summed E-state index contributed by atoms with van der Waals surface area (Å²) in [5.74, 6) is -0.795. The number of esters is 1. The van der Waals surface area contributed by atoms with Gasteiger partial charge in [-0.15, -0.1) is 0 Å². The molecule has 122 valence electrons. The van der Waals surface area contributed by atoms with Crippen molar-refractivity contribution in [1.82, 2.24) is 5.32 Å². The molecule has 1 amide bonds. The number of rotatable bonds is 5. The van der Waals surface area contributed by atoms with E-state index in [4.69, 9.17) is 9.47 Å². The minimum Gasteiger partial charge on any atom is -0.469 e. The maximum Gasteiger partial charge on any atom is 0.407 e. The van der Waals surface area contributed by atoms with Gasteiger partial charge < -0.3 is 14.8 Å². The number of nitrogens with one attached hydrogen (secondary N) is 1. The second kappa shape index (κ2) is 7.82. The highest BCUT2D eigenvalue weighted by Gasteiger charge is 2.22. The Kier molecular flexibility index (Phi) is 6.40. The minimum atomic E-state index is -0.568. The summed E-state index contributed by atoms with van der Waals surface area (Å²) in [6.07, 6.45) is -0.0323. The van der Waals surface area contributed by atoms with Crippen LogP contribution >= 0.6 is 0 Å². The van der Waals surface area contributed by atoms with Gasteiger partial charge in [-0.2, -0.15) is 0 Å². The van der Waals surface area contributed by atoms with E-state index in [1.54, 1.807) is 20.8 Å². The topological polar surface area (TPSA) is 64.6 Å². The summed E-state index contributed by atoms with van der Waals surface area (Å²) in [4.78, 5) is 23.6. The Morgan fingerprint density at radius 2 is 1.95 bits per heavy atom. The SMILES string of the molecule is COC(=O)[C@@H](CNC(=O)OC(C)(C)C)Cc1cccc(C)c1. The van der Waals surface area contributed by atoms with Crippen molar-refractivity contribution in [2.24, 2.45) is 5.92 Å². The second-order valence-electron chi connectivity index (χ2n) is 6.30. The predicted octanol–water partition coefficient (Wildman–Crippen LogP) is 2.85. The third-order valence-electron chi connectivity index (χ3n) is 2.99. The van der Waals surface area contributed by atoms with Crippen LogP contribution in [0.4, 0.5) is 4.79 Å². The normalized spacial score (nSPS) is 12.4. The molecule has 1 N–H and O–H groups in total. The zero-order valence-corrected chi connectivity index (χ0v) is 13.9. The summed E-state index contributed by atoms with van der Waals surface area (Å²) < 4.78 is 9.99. The number of carbonyl (C=O) groups is 2. The Labute approximate surface area is 132 Å². The van der Waals surface area contributed by atoms with Gasteiger partial charge in [0.1, 0.15) is 5.60 Å². The summed E-state index contributed by atoms with van der Waals surface area (Å²) in [7, 11) is 1.35. The summed E-state index contributed by atoms with van der Waals surface area (Å²) in [5.41, 5.74) is 1.59. The van der Waals surface area contributed by atoms with Crippen LogP contribution in [0.2, 0.25) is 0 Å². The maximum atomic E-state index is 11.9. The lowest BCUT2D eigenvalue weighted by Crippen LogP contribution is -2.38. The quantitative estimate of drug-likeness (QED) is 0.850. The molecule has 0 spiro atoms. The summed E-state index contributed by atoms with van der Waals surface area (Å²) in [6, 6.07) is 7.91. The van der Waals surface area contributed by atoms with Crippen LogP contribution < -0.4 is 5.32 Å². The van der Waals surface area contributed by atoms with Crippen LogP contribution in [0.25, 0.3) is 0 Å². The number of alkyl carbamates (subject to hydrolysis) is 1. The molecule has 5 nitrogen and oxygen atoms in total. The minimum absolute atomic E-state index is 0.176. The summed E-state index contributed by atoms with van der Waals surface area (Å²) in [6.45, 7) is 7.54. The van der Waals surface area contributed by atoms with Crippen molar-refractivity contribution in [3.05, 3.63) is 35.4 Å². The Hall–Kier alpha value is -2.04. The van der Waals surface area contributed by atoms with Gasteiger partial charge in [0.05, 0.1) is 13.0 Å². The smallest absolute Gasteiger partial charge is 0.407 e. The van der Waals surface area contributed by atoms with E-state index < -0.39 is 17.6 Å². The van der Waals surface area contributed by atoms with Gasteiger partial charge in [0, 0.05) is 6.54 Å². The van der Waals surface area contributed by atoms with Gasteiger partial charge in [0.15, 0.2) is 0 Å². The highest BCUT2D eigenvalue weighted by Crippen LogP contribution is 2.12. The molecule has 0 radical (unpaired) electrons. The van der Waals surface area contributed by atoms with Gasteiger partial charge in [-0.3, -0.25) is 4.79 Å². The lowest BCUT2D eigenvalue weighted by molar-refractivity contribution is -0.145. The molecule has 0 saturated carbocycles. The molecular weight excluding hydrogens is 282 g/mol. The summed E-state index contributed by atoms with van der Waals surface area (Å²) in [5, 5.41) is 2.63. The molecule has 0 aliphatic rings. The number of methoxy groups -OCH3 is 1. The molecule has 1 atom stereocenters. The van der Waals surface area contributed by atoms with E-state index in [2.05, 4.69) is 5.32 Å². The van der Waals surface area contributed by atoms with Crippen LogP contribution in [0.3, 0.4) is 0 Å². The lowest BCUT2D eigenvalue weighted by Gasteiger charge is -2.21. The fourth-order valence-corrected chi connectivity index (χ4v) is 2.05. The van der Waals surface area contributed by atoms with Crippen LogP contribution in [-0.4, -0.2) is 31.3 Å². The van der Waals surface area contributed by atoms with Crippen molar-refractivity contribution >= 4 is 12.1 Å². The first-order valence-electron chi connectivity index (χ1n) is 7.31. The molecule has 0 unspecified atom stereocenters. The number of hydrogen-bond donors (Lipinski definition) is 1. The number of carbonyl (C=O) groups excluding carboxylic acids is 2. The van der Waals surface area contributed by atoms with Gasteiger partial charge in [-0.1, -0.05) is 29.8 Å². The van der Waals surface area contributed by atoms with Crippen molar-refractivity contribution in [1.29, 1.82) is 0 Å². The van der Waals surface area contributed by atoms with Crippen molar-refractivity contribution in [2.75, 3.05) is 13.7 Å². The average molecular weight is 307 g/mol. The first-order valence-corrected chi connectivity index (χ1v) is 7.31. The van der Waals surface area contributed by atoms with E-state index >= 15 is 0 Å². The number of amides is 1. The highest BCUT2D eigenvalue weighted by molar-refractivity contribution is 5.74. The predicted molar refractivity (Wildman–Crippen MR) is 84.6 cm³/mol. The molecular formula is C17H25NO4. The van der Waals surface area contributed by atoms with Gasteiger partial charge in [-0.25, -0.2) is 4.79 Å². The molecule has 22 heavy (non-hydrogen) atoms. The molecule has 0 aromatic heterocycles. The van der Waals surface area contributed by atoms with Crippen LogP contribution in [-0.2, 0) is 20.7 Å². The van der Waals surface area contributed by atoms with E-state index in [1.165, 1.54) is 7.11 Å². The number of benzene rings is 1. The largest absolute Gasteiger partial charge is 0.469 e. The molecule has 1 rings (SSSR count). The van der Waals surface area contributed by atoms with E-state index in [9.17, 15) is 9.59 Å². The third kappa shape index (κ3) is 6.61. The van der Waals surface area contributed by atoms with Crippen LogP contribution in [0.5, 0.6) is 0 Å². The molecule has 0 saturated heterocycles. The fourth-order valence-electron chi connectivity index (χ4n) is 2.05. The molecule has 0 aliphatic heterocycles. The van der Waals surface area contributed by atoms with Crippen LogP contribution in [0.15, 0.2) is 24.3 Å². The van der Waals surface area contributed by atoms with E-state index in [1.807, 2.05) is 31.2 Å². The number of ether oxygens (including phenoxy) is 2. The third-order valence-corrected chi connectivity index (χ3v) is 2.99. The van der Waals surface area contributed by atoms with Crippen LogP contribution in [0.1, 0.15) is 31.9 Å². The zero-order valence-electron chi connectivity index (χ0n) is 13.9. The van der Waals surface area contributed by atoms with Gasteiger partial charge in [0.25, 0.3) is 0 Å². The first-order chi connectivity index (χ1) is 10.2. The molecule has 0 bridgehead atoms. The standard InChI is InChI=1S/C17H25NO4/c1-12-7-6-8-13(9-12)10-14(15(19)21-5)11-18-16(20)22-17(2,3)4/h6-9,14H,10-11H2,1-5H3,(H,18,20)/t14-/m1/s1. The van der Waals surface area contributed by atoms with Crippen molar-refractivity contribution in [2.45, 2.75) is 39.7 Å². The van der Waals surface area contributed by atoms with Crippen molar-refractivity contribution in [3.8, 4) is 0 Å². The zero-order chi connectivity index (χ0) is 16.8.